The second-order valence-electron chi connectivity index (χ2n) is 8.18. The maximum absolute atomic E-state index is 13.4. The number of rotatable bonds is 3. The van der Waals surface area contributed by atoms with Gasteiger partial charge in [-0.3, -0.25) is 9.59 Å². The molecular formula is C23H28N2O2S. The summed E-state index contributed by atoms with van der Waals surface area (Å²) >= 11 is 1.61. The normalized spacial score (nSPS) is 19.2. The lowest BCUT2D eigenvalue weighted by atomic mass is 9.88. The summed E-state index contributed by atoms with van der Waals surface area (Å²) in [6.07, 6.45) is 6.37. The molecule has 4 nitrogen and oxygen atoms in total. The molecule has 1 atom stereocenters. The van der Waals surface area contributed by atoms with Gasteiger partial charge in [-0.05, 0) is 68.6 Å². The van der Waals surface area contributed by atoms with Crippen LogP contribution < -0.4 is 5.32 Å². The van der Waals surface area contributed by atoms with Crippen LogP contribution in [0.2, 0.25) is 0 Å². The van der Waals surface area contributed by atoms with E-state index in [1.165, 1.54) is 16.9 Å². The molecule has 28 heavy (non-hydrogen) atoms. The Balaban J connectivity index is 1.69. The molecule has 0 saturated carbocycles. The standard InChI is InChI=1S/C23H28N2O2S/c1-15-10-11-18-19(14-15)28-22(20(18)23(27)25-12-6-3-7-13-25)24-21(26)17-9-5-4-8-16(17)2/h4-5,8-9,15H,3,6-7,10-14H2,1-2H3,(H,24,26). The van der Waals surface area contributed by atoms with Gasteiger partial charge in [-0.2, -0.15) is 0 Å². The van der Waals surface area contributed by atoms with E-state index in [1.54, 1.807) is 11.3 Å². The Hall–Kier alpha value is -2.14. The van der Waals surface area contributed by atoms with Gasteiger partial charge in [0.1, 0.15) is 5.00 Å². The number of carbonyl (C=O) groups excluding carboxylic acids is 2. The minimum absolute atomic E-state index is 0.104. The van der Waals surface area contributed by atoms with E-state index in [-0.39, 0.29) is 11.8 Å². The van der Waals surface area contributed by atoms with Crippen LogP contribution in [0.15, 0.2) is 24.3 Å². The molecule has 1 aromatic carbocycles. The number of anilines is 1. The number of nitrogens with one attached hydrogen (secondary N) is 1. The van der Waals surface area contributed by atoms with E-state index in [0.717, 1.165) is 61.3 Å². The molecule has 0 spiro atoms. The lowest BCUT2D eigenvalue weighted by molar-refractivity contribution is 0.0724. The summed E-state index contributed by atoms with van der Waals surface area (Å²) in [5.41, 5.74) is 3.55. The highest BCUT2D eigenvalue weighted by Gasteiger charge is 2.31. The van der Waals surface area contributed by atoms with E-state index >= 15 is 0 Å². The number of carbonyl (C=O) groups is 2. The van der Waals surface area contributed by atoms with Gasteiger partial charge in [0, 0.05) is 23.5 Å². The third-order valence-electron chi connectivity index (χ3n) is 5.99. The van der Waals surface area contributed by atoms with Crippen molar-refractivity contribution >= 4 is 28.2 Å². The van der Waals surface area contributed by atoms with Crippen LogP contribution in [0.3, 0.4) is 0 Å². The Bertz CT molecular complexity index is 896. The van der Waals surface area contributed by atoms with Crippen molar-refractivity contribution in [3.8, 4) is 0 Å². The first-order valence-electron chi connectivity index (χ1n) is 10.4. The summed E-state index contributed by atoms with van der Waals surface area (Å²) in [4.78, 5) is 29.6. The summed E-state index contributed by atoms with van der Waals surface area (Å²) in [5.74, 6) is 0.605. The fraction of sp³-hybridized carbons (Fsp3) is 0.478. The quantitative estimate of drug-likeness (QED) is 0.788. The topological polar surface area (TPSA) is 49.4 Å². The van der Waals surface area contributed by atoms with Crippen LogP contribution in [0.1, 0.15) is 69.3 Å². The molecule has 4 rings (SSSR count). The van der Waals surface area contributed by atoms with Gasteiger partial charge in [0.2, 0.25) is 0 Å². The number of likely N-dealkylation sites (tertiary alicyclic amines) is 1. The van der Waals surface area contributed by atoms with Gasteiger partial charge in [-0.1, -0.05) is 25.1 Å². The summed E-state index contributed by atoms with van der Waals surface area (Å²) in [6, 6.07) is 7.59. The number of benzene rings is 1. The Morgan fingerprint density at radius 2 is 1.89 bits per heavy atom. The monoisotopic (exact) mass is 396 g/mol. The van der Waals surface area contributed by atoms with E-state index < -0.39 is 0 Å². The van der Waals surface area contributed by atoms with Crippen molar-refractivity contribution in [1.82, 2.24) is 4.90 Å². The molecule has 2 heterocycles. The lowest BCUT2D eigenvalue weighted by Crippen LogP contribution is -2.36. The molecule has 0 radical (unpaired) electrons. The van der Waals surface area contributed by atoms with Gasteiger partial charge < -0.3 is 10.2 Å². The molecule has 1 saturated heterocycles. The molecule has 1 aliphatic heterocycles. The van der Waals surface area contributed by atoms with E-state index in [9.17, 15) is 9.59 Å². The Labute approximate surface area is 170 Å². The first kappa shape index (κ1) is 19.2. The number of hydrogen-bond donors (Lipinski definition) is 1. The van der Waals surface area contributed by atoms with Gasteiger partial charge in [-0.15, -0.1) is 11.3 Å². The number of piperidine rings is 1. The first-order chi connectivity index (χ1) is 13.5. The average Bonchev–Trinajstić information content (AvgIpc) is 3.05. The molecule has 2 amide bonds. The van der Waals surface area contributed by atoms with Crippen molar-refractivity contribution in [3.05, 3.63) is 51.4 Å². The molecule has 148 valence electrons. The van der Waals surface area contributed by atoms with Crippen LogP contribution >= 0.6 is 11.3 Å². The molecule has 1 aliphatic carbocycles. The maximum Gasteiger partial charge on any atom is 0.257 e. The molecule has 5 heteroatoms. The van der Waals surface area contributed by atoms with Crippen LogP contribution in [-0.4, -0.2) is 29.8 Å². The number of fused-ring (bicyclic) bond motifs is 1. The van der Waals surface area contributed by atoms with Crippen molar-refractivity contribution < 1.29 is 9.59 Å². The molecule has 1 fully saturated rings. The highest BCUT2D eigenvalue weighted by atomic mass is 32.1. The molecule has 1 aromatic heterocycles. The van der Waals surface area contributed by atoms with Gasteiger partial charge >= 0.3 is 0 Å². The van der Waals surface area contributed by atoms with Crippen LogP contribution in [0.5, 0.6) is 0 Å². The second kappa shape index (κ2) is 8.08. The fourth-order valence-corrected chi connectivity index (χ4v) is 5.72. The van der Waals surface area contributed by atoms with Gasteiger partial charge in [0.25, 0.3) is 11.8 Å². The predicted octanol–water partition coefficient (Wildman–Crippen LogP) is 5.06. The largest absolute Gasteiger partial charge is 0.339 e. The molecule has 1 unspecified atom stereocenters. The number of amides is 2. The maximum atomic E-state index is 13.4. The zero-order chi connectivity index (χ0) is 19.7. The SMILES string of the molecule is Cc1ccccc1C(=O)Nc1sc2c(c1C(=O)N1CCCCC1)CCC(C)C2. The Morgan fingerprint density at radius 1 is 1.14 bits per heavy atom. The molecule has 2 aromatic rings. The number of hydrogen-bond acceptors (Lipinski definition) is 3. The van der Waals surface area contributed by atoms with E-state index in [4.69, 9.17) is 0 Å². The number of aryl methyl sites for hydroxylation is 1. The first-order valence-corrected chi connectivity index (χ1v) is 11.2. The molecule has 0 bridgehead atoms. The number of nitrogens with zero attached hydrogens (tertiary/aromatic N) is 1. The highest BCUT2D eigenvalue weighted by molar-refractivity contribution is 7.17. The second-order valence-corrected chi connectivity index (χ2v) is 9.28. The zero-order valence-corrected chi connectivity index (χ0v) is 17.5. The summed E-state index contributed by atoms with van der Waals surface area (Å²) in [5, 5.41) is 3.83. The van der Waals surface area contributed by atoms with Crippen LogP contribution in [0.4, 0.5) is 5.00 Å². The van der Waals surface area contributed by atoms with Gasteiger partial charge in [-0.25, -0.2) is 0 Å². The third kappa shape index (κ3) is 3.72. The van der Waals surface area contributed by atoms with Crippen LogP contribution in [-0.2, 0) is 12.8 Å². The predicted molar refractivity (Wildman–Crippen MR) is 114 cm³/mol. The van der Waals surface area contributed by atoms with Crippen molar-refractivity contribution in [2.24, 2.45) is 5.92 Å². The molecular weight excluding hydrogens is 368 g/mol. The Morgan fingerprint density at radius 3 is 2.64 bits per heavy atom. The smallest absolute Gasteiger partial charge is 0.257 e. The van der Waals surface area contributed by atoms with Crippen LogP contribution in [0.25, 0.3) is 0 Å². The van der Waals surface area contributed by atoms with E-state index in [0.29, 0.717) is 11.5 Å². The van der Waals surface area contributed by atoms with Crippen LogP contribution in [0, 0.1) is 12.8 Å². The van der Waals surface area contributed by atoms with Crippen molar-refractivity contribution in [1.29, 1.82) is 0 Å². The lowest BCUT2D eigenvalue weighted by Gasteiger charge is -2.28. The minimum atomic E-state index is -0.127. The van der Waals surface area contributed by atoms with Crippen molar-refractivity contribution in [2.75, 3.05) is 18.4 Å². The molecule has 2 aliphatic rings. The zero-order valence-electron chi connectivity index (χ0n) is 16.7. The Kier molecular flexibility index (Phi) is 5.54. The van der Waals surface area contributed by atoms with Gasteiger partial charge in [0.15, 0.2) is 0 Å². The van der Waals surface area contributed by atoms with Gasteiger partial charge in [0.05, 0.1) is 5.56 Å². The van der Waals surface area contributed by atoms with Crippen molar-refractivity contribution in [2.45, 2.75) is 52.4 Å². The van der Waals surface area contributed by atoms with E-state index in [1.807, 2.05) is 36.1 Å². The summed E-state index contributed by atoms with van der Waals surface area (Å²) < 4.78 is 0. The van der Waals surface area contributed by atoms with E-state index in [2.05, 4.69) is 12.2 Å². The summed E-state index contributed by atoms with van der Waals surface area (Å²) in [7, 11) is 0. The van der Waals surface area contributed by atoms with Crippen molar-refractivity contribution in [3.63, 3.8) is 0 Å². The highest BCUT2D eigenvalue weighted by Crippen LogP contribution is 2.40. The minimum Gasteiger partial charge on any atom is -0.339 e. The summed E-state index contributed by atoms with van der Waals surface area (Å²) in [6.45, 7) is 5.85. The number of thiophene rings is 1. The average molecular weight is 397 g/mol. The molecule has 1 N–H and O–H groups in total. The third-order valence-corrected chi connectivity index (χ3v) is 7.16. The fourth-order valence-electron chi connectivity index (χ4n) is 4.32.